The molecule has 4 fully saturated rings. The third-order valence-corrected chi connectivity index (χ3v) is 12.1. The Labute approximate surface area is 359 Å². The van der Waals surface area contributed by atoms with Crippen LogP contribution in [0.1, 0.15) is 64.3 Å². The number of nitrogens with one attached hydrogen (secondary N) is 4. The number of alkyl carbamates (subject to hydrolysis) is 2. The van der Waals surface area contributed by atoms with E-state index in [1.54, 1.807) is 22.2 Å². The highest BCUT2D eigenvalue weighted by Crippen LogP contribution is 2.44. The van der Waals surface area contributed by atoms with E-state index in [1.807, 2.05) is 76.2 Å². The summed E-state index contributed by atoms with van der Waals surface area (Å²) in [6.45, 7) is 9.60. The molecule has 4 saturated heterocycles. The molecule has 2 aromatic heterocycles. The van der Waals surface area contributed by atoms with Crippen LogP contribution in [0.25, 0.3) is 33.6 Å². The zero-order valence-electron chi connectivity index (χ0n) is 35.8. The minimum Gasteiger partial charge on any atom is -0.453 e. The van der Waals surface area contributed by atoms with E-state index in [0.29, 0.717) is 50.9 Å². The number of carbonyl (C=O) groups excluding carboxylic acids is 4. The van der Waals surface area contributed by atoms with Gasteiger partial charge in [-0.15, -0.1) is 0 Å². The Morgan fingerprint density at radius 3 is 1.27 bits per heavy atom. The van der Waals surface area contributed by atoms with Crippen LogP contribution in [0.2, 0.25) is 0 Å². The predicted octanol–water partition coefficient (Wildman–Crippen LogP) is 4.93. The number of benzene rings is 2. The lowest BCUT2D eigenvalue weighted by atomic mass is 10.0. The van der Waals surface area contributed by atoms with E-state index in [4.69, 9.17) is 38.4 Å². The first-order valence-corrected chi connectivity index (χ1v) is 21.0. The summed E-state index contributed by atoms with van der Waals surface area (Å²) in [5.41, 5.74) is 5.41. The molecule has 62 heavy (non-hydrogen) atoms. The maximum absolute atomic E-state index is 14.0. The summed E-state index contributed by atoms with van der Waals surface area (Å²) in [6, 6.07) is 13.7. The first-order valence-electron chi connectivity index (χ1n) is 21.0. The SMILES string of the molecule is COC(=O)N[C@H](C(=O)N1CC2(CC1c1ncc(-c3ccc(-c4ccc(-c5cnc([C@@H]6CC7(CN6C(=O)[C@@H](NC(=O)OC)C(C)C)OCCO7)[nH]5)cc4)cc3)[nH]1)OCCO2)C(C)C. The number of methoxy groups -OCH3 is 2. The number of aromatic amines is 2. The van der Waals surface area contributed by atoms with Gasteiger partial charge in [0.05, 0.1) is 89.6 Å². The molecule has 0 aliphatic carbocycles. The standard InChI is InChI=1S/C44H54N8O10/c1-25(2)35(49-41(55)57-5)39(53)51-23-43(59-15-16-60-43)19-33(51)37-45-21-31(47-37)29-11-7-27(8-12-29)28-9-13-30(14-10-28)32-22-46-38(48-32)34-20-44(61-17-18-62-44)24-52(34)40(54)36(26(3)4)50-42(56)58-6/h7-14,21-22,25-26,33-36H,15-20,23-24H2,1-6H3,(H,45,47)(H,46,48)(H,49,55)(H,50,56)/t33-,34?,35-,36-/m0/s1. The van der Waals surface area contributed by atoms with Crippen LogP contribution >= 0.6 is 0 Å². The monoisotopic (exact) mass is 854 g/mol. The Morgan fingerprint density at radius 2 is 0.952 bits per heavy atom. The minimum atomic E-state index is -0.944. The number of hydrogen-bond acceptors (Lipinski definition) is 12. The van der Waals surface area contributed by atoms with Gasteiger partial charge in [0.15, 0.2) is 11.6 Å². The number of aromatic nitrogens is 4. The number of nitrogens with zero attached hydrogens (tertiary/aromatic N) is 4. The summed E-state index contributed by atoms with van der Waals surface area (Å²) >= 11 is 0. The molecule has 330 valence electrons. The second kappa shape index (κ2) is 17.5. The lowest BCUT2D eigenvalue weighted by Gasteiger charge is -2.30. The summed E-state index contributed by atoms with van der Waals surface area (Å²) in [5.74, 6) is -1.64. The van der Waals surface area contributed by atoms with Crippen LogP contribution in [-0.2, 0) is 38.0 Å². The van der Waals surface area contributed by atoms with Gasteiger partial charge < -0.3 is 58.8 Å². The molecular formula is C44H54N8O10. The summed E-state index contributed by atoms with van der Waals surface area (Å²) < 4.78 is 33.7. The van der Waals surface area contributed by atoms with Gasteiger partial charge in [0, 0.05) is 12.8 Å². The zero-order valence-corrected chi connectivity index (χ0v) is 35.8. The summed E-state index contributed by atoms with van der Waals surface area (Å²) in [7, 11) is 2.53. The van der Waals surface area contributed by atoms with Crippen LogP contribution in [0, 0.1) is 11.8 Å². The average molecular weight is 855 g/mol. The van der Waals surface area contributed by atoms with Crippen molar-refractivity contribution < 1.29 is 47.6 Å². The van der Waals surface area contributed by atoms with E-state index < -0.39 is 47.9 Å². The van der Waals surface area contributed by atoms with Gasteiger partial charge in [0.2, 0.25) is 11.8 Å². The van der Waals surface area contributed by atoms with Crippen LogP contribution in [0.5, 0.6) is 0 Å². The van der Waals surface area contributed by atoms with Crippen molar-refractivity contribution in [3.05, 3.63) is 72.6 Å². The molecule has 1 unspecified atom stereocenters. The molecule has 0 bridgehead atoms. The number of hydrogen-bond donors (Lipinski definition) is 4. The van der Waals surface area contributed by atoms with Crippen molar-refractivity contribution in [1.82, 2.24) is 40.4 Å². The molecular weight excluding hydrogens is 801 g/mol. The van der Waals surface area contributed by atoms with Gasteiger partial charge in [-0.2, -0.15) is 0 Å². The zero-order chi connectivity index (χ0) is 43.8. The second-order valence-corrected chi connectivity index (χ2v) is 16.8. The van der Waals surface area contributed by atoms with E-state index in [2.05, 4.69) is 20.6 Å². The van der Waals surface area contributed by atoms with Crippen molar-refractivity contribution in [3.8, 4) is 33.6 Å². The van der Waals surface area contributed by atoms with Gasteiger partial charge >= 0.3 is 12.2 Å². The van der Waals surface area contributed by atoms with Crippen LogP contribution in [0.15, 0.2) is 60.9 Å². The van der Waals surface area contributed by atoms with Gasteiger partial charge in [-0.25, -0.2) is 19.6 Å². The Kier molecular flexibility index (Phi) is 12.1. The maximum Gasteiger partial charge on any atom is 0.407 e. The van der Waals surface area contributed by atoms with Gasteiger partial charge in [-0.1, -0.05) is 76.2 Å². The number of amides is 4. The minimum absolute atomic E-state index is 0.199. The van der Waals surface area contributed by atoms with Crippen LogP contribution < -0.4 is 10.6 Å². The van der Waals surface area contributed by atoms with E-state index in [0.717, 1.165) is 33.6 Å². The van der Waals surface area contributed by atoms with Crippen LogP contribution in [0.4, 0.5) is 9.59 Å². The smallest absolute Gasteiger partial charge is 0.407 e. The Bertz CT molecular complexity index is 2090. The normalized spacial score (nSPS) is 21.2. The van der Waals surface area contributed by atoms with E-state index in [1.165, 1.54) is 14.2 Å². The van der Waals surface area contributed by atoms with Crippen molar-refractivity contribution in [2.24, 2.45) is 11.8 Å². The number of carbonyl (C=O) groups is 4. The lowest BCUT2D eigenvalue weighted by Crippen LogP contribution is -2.52. The Hall–Kier alpha value is -5.82. The van der Waals surface area contributed by atoms with Gasteiger partial charge in [-0.3, -0.25) is 9.59 Å². The Balaban J connectivity index is 0.965. The quantitative estimate of drug-likeness (QED) is 0.158. The van der Waals surface area contributed by atoms with E-state index in [-0.39, 0.29) is 36.7 Å². The third-order valence-electron chi connectivity index (χ3n) is 12.1. The fraction of sp³-hybridized carbons (Fsp3) is 0.500. The molecule has 0 radical (unpaired) electrons. The van der Waals surface area contributed by atoms with Crippen LogP contribution in [0.3, 0.4) is 0 Å². The number of ether oxygens (including phenoxy) is 6. The van der Waals surface area contributed by atoms with Gasteiger partial charge in [0.25, 0.3) is 0 Å². The number of H-pyrrole nitrogens is 2. The second-order valence-electron chi connectivity index (χ2n) is 16.8. The molecule has 4 atom stereocenters. The first kappa shape index (κ1) is 42.9. The van der Waals surface area contributed by atoms with Crippen molar-refractivity contribution in [2.75, 3.05) is 53.7 Å². The number of imidazole rings is 2. The third kappa shape index (κ3) is 8.51. The molecule has 4 aliphatic rings. The topological polar surface area (TPSA) is 212 Å². The van der Waals surface area contributed by atoms with Crippen molar-refractivity contribution in [1.29, 1.82) is 0 Å². The number of likely N-dealkylation sites (tertiary alicyclic amines) is 2. The highest BCUT2D eigenvalue weighted by atomic mass is 16.7. The van der Waals surface area contributed by atoms with Crippen molar-refractivity contribution in [3.63, 3.8) is 0 Å². The first-order chi connectivity index (χ1) is 29.8. The molecule has 2 aromatic carbocycles. The molecule has 4 aromatic rings. The average Bonchev–Trinajstić information content (AvgIpc) is 4.15. The molecule has 4 aliphatic heterocycles. The summed E-state index contributed by atoms with van der Waals surface area (Å²) in [6.07, 6.45) is 2.93. The Morgan fingerprint density at radius 1 is 0.613 bits per heavy atom. The molecule has 8 rings (SSSR count). The highest BCUT2D eigenvalue weighted by molar-refractivity contribution is 5.87. The maximum atomic E-state index is 14.0. The number of rotatable bonds is 11. The summed E-state index contributed by atoms with van der Waals surface area (Å²) in [5, 5.41) is 5.38. The molecule has 18 nitrogen and oxygen atoms in total. The fourth-order valence-electron chi connectivity index (χ4n) is 8.79. The lowest BCUT2D eigenvalue weighted by molar-refractivity contribution is -0.153. The van der Waals surface area contributed by atoms with E-state index >= 15 is 0 Å². The van der Waals surface area contributed by atoms with Crippen LogP contribution in [-0.4, -0.2) is 131 Å². The largest absolute Gasteiger partial charge is 0.453 e. The van der Waals surface area contributed by atoms with E-state index in [9.17, 15) is 19.2 Å². The molecule has 6 heterocycles. The summed E-state index contributed by atoms with van der Waals surface area (Å²) in [4.78, 5) is 71.9. The van der Waals surface area contributed by atoms with Crippen molar-refractivity contribution >= 4 is 24.0 Å². The molecule has 4 N–H and O–H groups in total. The molecule has 2 spiro atoms. The van der Waals surface area contributed by atoms with Crippen molar-refractivity contribution in [2.45, 2.75) is 76.3 Å². The fourth-order valence-corrected chi connectivity index (χ4v) is 8.79. The molecule has 0 saturated carbocycles. The van der Waals surface area contributed by atoms with Gasteiger partial charge in [-0.05, 0) is 34.1 Å². The molecule has 4 amide bonds. The highest BCUT2D eigenvalue weighted by Gasteiger charge is 2.54. The molecule has 18 heteroatoms. The predicted molar refractivity (Wildman–Crippen MR) is 223 cm³/mol. The van der Waals surface area contributed by atoms with Gasteiger partial charge in [0.1, 0.15) is 23.7 Å².